The fourth-order valence-electron chi connectivity index (χ4n) is 2.51. The van der Waals surface area contributed by atoms with Gasteiger partial charge in [-0.2, -0.15) is 0 Å². The van der Waals surface area contributed by atoms with Gasteiger partial charge in [0.05, 0.1) is 26.1 Å². The van der Waals surface area contributed by atoms with E-state index < -0.39 is 0 Å². The normalized spacial score (nSPS) is 16.3. The molecule has 136 valence electrons. The van der Waals surface area contributed by atoms with Crippen LogP contribution in [0, 0.1) is 0 Å². The summed E-state index contributed by atoms with van der Waals surface area (Å²) in [7, 11) is 1.70. The van der Waals surface area contributed by atoms with E-state index in [0.29, 0.717) is 6.61 Å². The van der Waals surface area contributed by atoms with E-state index in [2.05, 4.69) is 20.5 Å². The standard InChI is InChI=1S/C17H30N4O3/c1-22-13-8-20-17(19-7-5-16-4-2-12-24-16)18-6-3-9-21-10-14-23-15-11-21/h2,4,12H,3,5-11,13-15H2,1H3,(H2,18,19,20). The third-order valence-corrected chi connectivity index (χ3v) is 3.85. The van der Waals surface area contributed by atoms with E-state index in [1.807, 2.05) is 12.1 Å². The van der Waals surface area contributed by atoms with Crippen LogP contribution in [0.2, 0.25) is 0 Å². The molecule has 0 amide bonds. The third-order valence-electron chi connectivity index (χ3n) is 3.85. The second-order valence-corrected chi connectivity index (χ2v) is 5.71. The summed E-state index contributed by atoms with van der Waals surface area (Å²) in [5, 5.41) is 6.63. The summed E-state index contributed by atoms with van der Waals surface area (Å²) in [6.45, 7) is 7.83. The van der Waals surface area contributed by atoms with Gasteiger partial charge in [0, 0.05) is 52.8 Å². The molecule has 0 unspecified atom stereocenters. The summed E-state index contributed by atoms with van der Waals surface area (Å²) in [4.78, 5) is 7.08. The van der Waals surface area contributed by atoms with Crippen LogP contribution in [0.5, 0.6) is 0 Å². The molecule has 2 heterocycles. The molecule has 1 fully saturated rings. The maximum absolute atomic E-state index is 5.37. The number of aliphatic imine (C=N–C) groups is 1. The Morgan fingerprint density at radius 1 is 1.29 bits per heavy atom. The Kier molecular flexibility index (Phi) is 9.29. The van der Waals surface area contributed by atoms with Crippen molar-refractivity contribution in [3.05, 3.63) is 24.2 Å². The molecule has 0 atom stereocenters. The molecule has 1 aromatic rings. The van der Waals surface area contributed by atoms with Crippen molar-refractivity contribution in [2.24, 2.45) is 4.99 Å². The molecule has 1 aliphatic rings. The number of furan rings is 1. The van der Waals surface area contributed by atoms with E-state index >= 15 is 0 Å². The van der Waals surface area contributed by atoms with Gasteiger partial charge in [0.25, 0.3) is 0 Å². The topological polar surface area (TPSA) is 71.3 Å². The number of hydrogen-bond donors (Lipinski definition) is 2. The molecule has 0 aromatic carbocycles. The average Bonchev–Trinajstić information content (AvgIpc) is 3.13. The Morgan fingerprint density at radius 2 is 2.12 bits per heavy atom. The van der Waals surface area contributed by atoms with E-state index in [1.165, 1.54) is 0 Å². The quantitative estimate of drug-likeness (QED) is 0.372. The van der Waals surface area contributed by atoms with Crippen LogP contribution in [0.3, 0.4) is 0 Å². The molecule has 0 bridgehead atoms. The Bertz CT molecular complexity index is 445. The van der Waals surface area contributed by atoms with Gasteiger partial charge in [0.2, 0.25) is 0 Å². The number of hydrogen-bond acceptors (Lipinski definition) is 5. The van der Waals surface area contributed by atoms with Crippen LogP contribution in [0.4, 0.5) is 0 Å². The van der Waals surface area contributed by atoms with Crippen LogP contribution in [-0.2, 0) is 15.9 Å². The zero-order valence-corrected chi connectivity index (χ0v) is 14.6. The molecule has 24 heavy (non-hydrogen) atoms. The first-order valence-corrected chi connectivity index (χ1v) is 8.72. The summed E-state index contributed by atoms with van der Waals surface area (Å²) in [5.74, 6) is 1.81. The van der Waals surface area contributed by atoms with Crippen molar-refractivity contribution in [3.8, 4) is 0 Å². The van der Waals surface area contributed by atoms with Gasteiger partial charge in [-0.05, 0) is 18.6 Å². The first-order valence-electron chi connectivity index (χ1n) is 8.72. The fraction of sp³-hybridized carbons (Fsp3) is 0.706. The predicted molar refractivity (Wildman–Crippen MR) is 94.5 cm³/mol. The van der Waals surface area contributed by atoms with Gasteiger partial charge < -0.3 is 24.5 Å². The highest BCUT2D eigenvalue weighted by atomic mass is 16.5. The van der Waals surface area contributed by atoms with E-state index in [4.69, 9.17) is 13.9 Å². The second kappa shape index (κ2) is 11.9. The van der Waals surface area contributed by atoms with E-state index in [1.54, 1.807) is 13.4 Å². The summed E-state index contributed by atoms with van der Waals surface area (Å²) in [6, 6.07) is 3.89. The summed E-state index contributed by atoms with van der Waals surface area (Å²) in [5.41, 5.74) is 0. The van der Waals surface area contributed by atoms with Crippen molar-refractivity contribution >= 4 is 5.96 Å². The molecular weight excluding hydrogens is 308 g/mol. The van der Waals surface area contributed by atoms with E-state index in [9.17, 15) is 0 Å². The molecule has 7 heteroatoms. The van der Waals surface area contributed by atoms with Crippen LogP contribution >= 0.6 is 0 Å². The van der Waals surface area contributed by atoms with Crippen molar-refractivity contribution in [2.75, 3.05) is 66.2 Å². The van der Waals surface area contributed by atoms with E-state index in [0.717, 1.165) is 77.0 Å². The maximum atomic E-state index is 5.37. The molecule has 7 nitrogen and oxygen atoms in total. The Labute approximate surface area is 144 Å². The van der Waals surface area contributed by atoms with Crippen LogP contribution in [0.25, 0.3) is 0 Å². The number of nitrogens with one attached hydrogen (secondary N) is 2. The molecule has 0 saturated carbocycles. The van der Waals surface area contributed by atoms with Gasteiger partial charge in [0.1, 0.15) is 5.76 Å². The first-order chi connectivity index (χ1) is 11.9. The minimum absolute atomic E-state index is 0.659. The van der Waals surface area contributed by atoms with Crippen LogP contribution in [0.15, 0.2) is 27.8 Å². The number of methoxy groups -OCH3 is 1. The molecular formula is C17H30N4O3. The minimum Gasteiger partial charge on any atom is -0.469 e. The smallest absolute Gasteiger partial charge is 0.191 e. The lowest BCUT2D eigenvalue weighted by molar-refractivity contribution is 0.0377. The summed E-state index contributed by atoms with van der Waals surface area (Å²) in [6.07, 6.45) is 3.59. The third kappa shape index (κ3) is 7.81. The zero-order chi connectivity index (χ0) is 16.9. The molecule has 0 spiro atoms. The van der Waals surface area contributed by atoms with Gasteiger partial charge in [-0.15, -0.1) is 0 Å². The lowest BCUT2D eigenvalue weighted by atomic mass is 10.3. The minimum atomic E-state index is 0.659. The lowest BCUT2D eigenvalue weighted by Crippen LogP contribution is -2.40. The number of ether oxygens (including phenoxy) is 2. The number of morpholine rings is 1. The number of rotatable bonds is 10. The molecule has 2 rings (SSSR count). The van der Waals surface area contributed by atoms with Crippen LogP contribution < -0.4 is 10.6 Å². The van der Waals surface area contributed by atoms with Gasteiger partial charge in [0.15, 0.2) is 5.96 Å². The van der Waals surface area contributed by atoms with E-state index in [-0.39, 0.29) is 0 Å². The highest BCUT2D eigenvalue weighted by Gasteiger charge is 2.09. The Hall–Kier alpha value is -1.57. The second-order valence-electron chi connectivity index (χ2n) is 5.71. The molecule has 0 radical (unpaired) electrons. The van der Waals surface area contributed by atoms with Crippen LogP contribution in [-0.4, -0.2) is 77.1 Å². The maximum Gasteiger partial charge on any atom is 0.191 e. The van der Waals surface area contributed by atoms with Crippen molar-refractivity contribution in [1.29, 1.82) is 0 Å². The fourth-order valence-corrected chi connectivity index (χ4v) is 2.51. The highest BCUT2D eigenvalue weighted by Crippen LogP contribution is 2.00. The first kappa shape index (κ1) is 18.8. The number of nitrogens with zero attached hydrogens (tertiary/aromatic N) is 2. The largest absolute Gasteiger partial charge is 0.469 e. The predicted octanol–water partition coefficient (Wildman–Crippen LogP) is 0.726. The zero-order valence-electron chi connectivity index (χ0n) is 14.6. The van der Waals surface area contributed by atoms with Crippen LogP contribution in [0.1, 0.15) is 12.2 Å². The van der Waals surface area contributed by atoms with Gasteiger partial charge >= 0.3 is 0 Å². The summed E-state index contributed by atoms with van der Waals surface area (Å²) >= 11 is 0. The van der Waals surface area contributed by atoms with Crippen molar-refractivity contribution in [3.63, 3.8) is 0 Å². The monoisotopic (exact) mass is 338 g/mol. The number of guanidine groups is 1. The molecule has 1 aliphatic heterocycles. The van der Waals surface area contributed by atoms with Crippen molar-refractivity contribution in [1.82, 2.24) is 15.5 Å². The Morgan fingerprint density at radius 3 is 2.88 bits per heavy atom. The molecule has 1 aromatic heterocycles. The highest BCUT2D eigenvalue weighted by molar-refractivity contribution is 5.79. The van der Waals surface area contributed by atoms with Gasteiger partial charge in [-0.3, -0.25) is 9.89 Å². The molecule has 1 saturated heterocycles. The molecule has 0 aliphatic carbocycles. The van der Waals surface area contributed by atoms with Crippen molar-refractivity contribution in [2.45, 2.75) is 12.8 Å². The van der Waals surface area contributed by atoms with Gasteiger partial charge in [-0.25, -0.2) is 0 Å². The van der Waals surface area contributed by atoms with Gasteiger partial charge in [-0.1, -0.05) is 0 Å². The lowest BCUT2D eigenvalue weighted by Gasteiger charge is -2.26. The Balaban J connectivity index is 1.66. The summed E-state index contributed by atoms with van der Waals surface area (Å²) < 4.78 is 15.8. The van der Waals surface area contributed by atoms with Crippen molar-refractivity contribution < 1.29 is 13.9 Å². The SMILES string of the molecule is COCCNC(=NCCCN1CCOCC1)NCCc1ccco1. The molecule has 2 N–H and O–H groups in total. The average molecular weight is 338 g/mol.